The number of amides is 1. The SMILES string of the molecule is O=C(c1ncncc1Cl)N1CCN(c2ccc(Cl)c(Cl)c2)CC1. The summed E-state index contributed by atoms with van der Waals surface area (Å²) in [6, 6.07) is 5.53. The van der Waals surface area contributed by atoms with Crippen LogP contribution in [0.3, 0.4) is 0 Å². The smallest absolute Gasteiger partial charge is 0.274 e. The van der Waals surface area contributed by atoms with Gasteiger partial charge in [0.1, 0.15) is 12.0 Å². The van der Waals surface area contributed by atoms with Gasteiger partial charge in [-0.3, -0.25) is 4.79 Å². The van der Waals surface area contributed by atoms with Crippen LogP contribution >= 0.6 is 34.8 Å². The van der Waals surface area contributed by atoms with E-state index in [0.29, 0.717) is 36.2 Å². The predicted octanol–water partition coefficient (Wildman–Crippen LogP) is 3.40. The van der Waals surface area contributed by atoms with E-state index in [4.69, 9.17) is 34.8 Å². The highest BCUT2D eigenvalue weighted by molar-refractivity contribution is 6.42. The van der Waals surface area contributed by atoms with Crippen molar-refractivity contribution in [1.29, 1.82) is 0 Å². The maximum absolute atomic E-state index is 12.5. The van der Waals surface area contributed by atoms with E-state index >= 15 is 0 Å². The van der Waals surface area contributed by atoms with Crippen LogP contribution in [0.15, 0.2) is 30.7 Å². The molecule has 0 unspecified atom stereocenters. The zero-order chi connectivity index (χ0) is 16.4. The van der Waals surface area contributed by atoms with Gasteiger partial charge in [-0.25, -0.2) is 9.97 Å². The molecule has 0 aliphatic carbocycles. The Balaban J connectivity index is 1.67. The summed E-state index contributed by atoms with van der Waals surface area (Å²) in [5, 5.41) is 1.32. The van der Waals surface area contributed by atoms with Crippen molar-refractivity contribution in [2.45, 2.75) is 0 Å². The number of hydrogen-bond acceptors (Lipinski definition) is 4. The van der Waals surface area contributed by atoms with Crippen LogP contribution in [0.5, 0.6) is 0 Å². The lowest BCUT2D eigenvalue weighted by molar-refractivity contribution is 0.0741. The highest BCUT2D eigenvalue weighted by Gasteiger charge is 2.24. The van der Waals surface area contributed by atoms with E-state index in [1.54, 1.807) is 11.0 Å². The minimum atomic E-state index is -0.175. The normalized spacial score (nSPS) is 14.9. The van der Waals surface area contributed by atoms with E-state index < -0.39 is 0 Å². The Bertz CT molecular complexity index is 732. The molecule has 2 aromatic rings. The van der Waals surface area contributed by atoms with Gasteiger partial charge in [0.25, 0.3) is 5.91 Å². The summed E-state index contributed by atoms with van der Waals surface area (Å²) >= 11 is 18.0. The Kier molecular flexibility index (Phi) is 4.90. The van der Waals surface area contributed by atoms with Crippen molar-refractivity contribution < 1.29 is 4.79 Å². The topological polar surface area (TPSA) is 49.3 Å². The fraction of sp³-hybridized carbons (Fsp3) is 0.267. The van der Waals surface area contributed by atoms with Crippen molar-refractivity contribution in [2.24, 2.45) is 0 Å². The van der Waals surface area contributed by atoms with E-state index in [2.05, 4.69) is 14.9 Å². The zero-order valence-electron chi connectivity index (χ0n) is 12.0. The molecule has 0 N–H and O–H groups in total. The standard InChI is InChI=1S/C15H13Cl3N4O/c16-11-2-1-10(7-12(11)17)21-3-5-22(6-4-21)15(23)14-13(18)8-19-9-20-14/h1-2,7-9H,3-6H2. The number of piperazine rings is 1. The average Bonchev–Trinajstić information content (AvgIpc) is 2.57. The van der Waals surface area contributed by atoms with Crippen molar-refractivity contribution in [3.63, 3.8) is 0 Å². The Hall–Kier alpha value is -1.56. The first-order chi connectivity index (χ1) is 11.1. The summed E-state index contributed by atoms with van der Waals surface area (Å²) < 4.78 is 0. The number of rotatable bonds is 2. The molecule has 120 valence electrons. The van der Waals surface area contributed by atoms with Crippen LogP contribution in [-0.2, 0) is 0 Å². The molecule has 0 radical (unpaired) electrons. The van der Waals surface area contributed by atoms with Crippen LogP contribution in [-0.4, -0.2) is 47.0 Å². The molecule has 1 aromatic carbocycles. The first-order valence-electron chi connectivity index (χ1n) is 7.01. The fourth-order valence-electron chi connectivity index (χ4n) is 2.47. The lowest BCUT2D eigenvalue weighted by atomic mass is 10.2. The number of anilines is 1. The summed E-state index contributed by atoms with van der Waals surface area (Å²) in [6.07, 6.45) is 2.75. The molecule has 3 rings (SSSR count). The third-order valence-corrected chi connectivity index (χ3v) is 4.72. The summed E-state index contributed by atoms with van der Waals surface area (Å²) in [6.45, 7) is 2.57. The van der Waals surface area contributed by atoms with Gasteiger partial charge in [0.15, 0.2) is 0 Å². The van der Waals surface area contributed by atoms with Crippen LogP contribution in [0.4, 0.5) is 5.69 Å². The summed E-state index contributed by atoms with van der Waals surface area (Å²) in [4.78, 5) is 24.1. The summed E-state index contributed by atoms with van der Waals surface area (Å²) in [7, 11) is 0. The second-order valence-electron chi connectivity index (χ2n) is 5.10. The molecule has 23 heavy (non-hydrogen) atoms. The number of carbonyl (C=O) groups excluding carboxylic acids is 1. The summed E-state index contributed by atoms with van der Waals surface area (Å²) in [5.41, 5.74) is 1.23. The Morgan fingerprint density at radius 3 is 2.39 bits per heavy atom. The number of benzene rings is 1. The molecule has 0 saturated carbocycles. The monoisotopic (exact) mass is 370 g/mol. The Morgan fingerprint density at radius 1 is 1.00 bits per heavy atom. The molecule has 1 saturated heterocycles. The van der Waals surface area contributed by atoms with Gasteiger partial charge in [0, 0.05) is 38.1 Å². The van der Waals surface area contributed by atoms with E-state index in [0.717, 1.165) is 5.69 Å². The van der Waals surface area contributed by atoms with Crippen molar-refractivity contribution in [2.75, 3.05) is 31.1 Å². The summed E-state index contributed by atoms with van der Waals surface area (Å²) in [5.74, 6) is -0.175. The quantitative estimate of drug-likeness (QED) is 0.812. The van der Waals surface area contributed by atoms with Crippen LogP contribution in [0.25, 0.3) is 0 Å². The number of nitrogens with zero attached hydrogens (tertiary/aromatic N) is 4. The second kappa shape index (κ2) is 6.91. The molecular weight excluding hydrogens is 359 g/mol. The van der Waals surface area contributed by atoms with Gasteiger partial charge < -0.3 is 9.80 Å². The minimum Gasteiger partial charge on any atom is -0.368 e. The maximum atomic E-state index is 12.5. The van der Waals surface area contributed by atoms with Crippen molar-refractivity contribution in [3.8, 4) is 0 Å². The molecule has 1 aliphatic rings. The molecule has 1 fully saturated rings. The minimum absolute atomic E-state index is 0.175. The second-order valence-corrected chi connectivity index (χ2v) is 6.32. The number of carbonyl (C=O) groups is 1. The third-order valence-electron chi connectivity index (χ3n) is 3.71. The van der Waals surface area contributed by atoms with Gasteiger partial charge in [-0.2, -0.15) is 0 Å². The van der Waals surface area contributed by atoms with Crippen LogP contribution < -0.4 is 4.90 Å². The molecule has 2 heterocycles. The fourth-order valence-corrected chi connectivity index (χ4v) is 2.95. The highest BCUT2D eigenvalue weighted by Crippen LogP contribution is 2.28. The van der Waals surface area contributed by atoms with Crippen molar-refractivity contribution >= 4 is 46.4 Å². The van der Waals surface area contributed by atoms with E-state index in [1.807, 2.05) is 12.1 Å². The molecule has 1 aliphatic heterocycles. The Morgan fingerprint density at radius 2 is 1.74 bits per heavy atom. The molecule has 5 nitrogen and oxygen atoms in total. The number of aromatic nitrogens is 2. The van der Waals surface area contributed by atoms with Gasteiger partial charge in [0.2, 0.25) is 0 Å². The van der Waals surface area contributed by atoms with Crippen molar-refractivity contribution in [1.82, 2.24) is 14.9 Å². The maximum Gasteiger partial charge on any atom is 0.274 e. The van der Waals surface area contributed by atoms with Gasteiger partial charge in [-0.1, -0.05) is 34.8 Å². The molecule has 0 bridgehead atoms. The van der Waals surface area contributed by atoms with Gasteiger partial charge in [0.05, 0.1) is 15.1 Å². The average molecular weight is 372 g/mol. The highest BCUT2D eigenvalue weighted by atomic mass is 35.5. The van der Waals surface area contributed by atoms with Gasteiger partial charge in [-0.15, -0.1) is 0 Å². The molecule has 1 aromatic heterocycles. The first-order valence-corrected chi connectivity index (χ1v) is 8.14. The van der Waals surface area contributed by atoms with E-state index in [-0.39, 0.29) is 16.6 Å². The van der Waals surface area contributed by atoms with Crippen LogP contribution in [0.1, 0.15) is 10.5 Å². The molecule has 0 atom stereocenters. The molecule has 0 spiro atoms. The zero-order valence-corrected chi connectivity index (χ0v) is 14.3. The van der Waals surface area contributed by atoms with E-state index in [1.165, 1.54) is 12.5 Å². The van der Waals surface area contributed by atoms with Gasteiger partial charge >= 0.3 is 0 Å². The largest absolute Gasteiger partial charge is 0.368 e. The molecule has 1 amide bonds. The van der Waals surface area contributed by atoms with Crippen LogP contribution in [0.2, 0.25) is 15.1 Å². The predicted molar refractivity (Wildman–Crippen MR) is 91.6 cm³/mol. The Labute approximate surface area is 148 Å². The number of halogens is 3. The lowest BCUT2D eigenvalue weighted by Gasteiger charge is -2.36. The third kappa shape index (κ3) is 3.52. The molecule has 8 heteroatoms. The van der Waals surface area contributed by atoms with Crippen LogP contribution in [0, 0.1) is 0 Å². The van der Waals surface area contributed by atoms with E-state index in [9.17, 15) is 4.79 Å². The molecular formula is C15H13Cl3N4O. The first kappa shape index (κ1) is 16.3. The lowest BCUT2D eigenvalue weighted by Crippen LogP contribution is -2.49. The number of hydrogen-bond donors (Lipinski definition) is 0. The van der Waals surface area contributed by atoms with Crippen molar-refractivity contribution in [3.05, 3.63) is 51.5 Å². The van der Waals surface area contributed by atoms with Gasteiger partial charge in [-0.05, 0) is 18.2 Å².